The van der Waals surface area contributed by atoms with Crippen molar-refractivity contribution in [3.63, 3.8) is 0 Å². The van der Waals surface area contributed by atoms with Gasteiger partial charge in [-0.15, -0.1) is 16.4 Å². The Hall–Kier alpha value is -3.80. The minimum absolute atomic E-state index is 0.0771. The molecule has 158 valence electrons. The topological polar surface area (TPSA) is 112 Å². The van der Waals surface area contributed by atoms with E-state index in [2.05, 4.69) is 20.5 Å². The number of hydrogen-bond donors (Lipinski definition) is 1. The zero-order valence-corrected chi connectivity index (χ0v) is 17.0. The number of amides is 1. The summed E-state index contributed by atoms with van der Waals surface area (Å²) in [6.45, 7) is 0. The first-order valence-electron chi connectivity index (χ1n) is 8.87. The second kappa shape index (κ2) is 7.80. The van der Waals surface area contributed by atoms with Crippen molar-refractivity contribution in [2.45, 2.75) is 6.42 Å². The molecule has 0 fully saturated rings. The molecule has 0 aliphatic rings. The van der Waals surface area contributed by atoms with Gasteiger partial charge in [0.05, 0.1) is 23.7 Å². The normalized spacial score (nSPS) is 11.1. The number of anilines is 1. The maximum absolute atomic E-state index is 13.4. The van der Waals surface area contributed by atoms with Crippen molar-refractivity contribution in [2.24, 2.45) is 14.1 Å². The van der Waals surface area contributed by atoms with Gasteiger partial charge in [0.1, 0.15) is 0 Å². The number of benzene rings is 1. The van der Waals surface area contributed by atoms with Gasteiger partial charge in [0.25, 0.3) is 5.56 Å². The fourth-order valence-electron chi connectivity index (χ4n) is 3.04. The smallest absolute Gasteiger partial charge is 0.302 e. The van der Waals surface area contributed by atoms with Crippen molar-refractivity contribution in [1.82, 2.24) is 24.3 Å². The van der Waals surface area contributed by atoms with Gasteiger partial charge in [-0.25, -0.2) is 18.6 Å². The minimum atomic E-state index is -0.996. The van der Waals surface area contributed by atoms with Crippen LogP contribution in [0, 0.1) is 11.6 Å². The summed E-state index contributed by atoms with van der Waals surface area (Å²) in [7, 11) is 2.79. The fourth-order valence-corrected chi connectivity index (χ4v) is 3.77. The van der Waals surface area contributed by atoms with E-state index in [4.69, 9.17) is 0 Å². The first-order valence-corrected chi connectivity index (χ1v) is 9.75. The van der Waals surface area contributed by atoms with Gasteiger partial charge >= 0.3 is 5.69 Å². The van der Waals surface area contributed by atoms with Crippen LogP contribution in [0.25, 0.3) is 22.3 Å². The molecular formula is C19H14F2N6O3S. The molecule has 12 heteroatoms. The SMILES string of the molecule is Cn1c(=O)c2c(CC(=O)Nc3nc(-c4ccc(F)c(F)c4)cs3)cnnc2n(C)c1=O. The lowest BCUT2D eigenvalue weighted by Gasteiger charge is -2.09. The molecule has 3 aromatic heterocycles. The lowest BCUT2D eigenvalue weighted by atomic mass is 10.1. The van der Waals surface area contributed by atoms with Crippen LogP contribution in [0.2, 0.25) is 0 Å². The van der Waals surface area contributed by atoms with Crippen molar-refractivity contribution in [1.29, 1.82) is 0 Å². The van der Waals surface area contributed by atoms with Gasteiger partial charge in [-0.1, -0.05) is 0 Å². The second-order valence-corrected chi connectivity index (χ2v) is 7.52. The highest BCUT2D eigenvalue weighted by molar-refractivity contribution is 7.14. The standard InChI is InChI=1S/C19H14F2N6O3S/c1-26-16-15(17(29)27(2)19(26)30)10(7-22-25-16)6-14(28)24-18-23-13(8-31-18)9-3-4-11(20)12(21)5-9/h3-5,7-8H,6H2,1-2H3,(H,23,24,28). The van der Waals surface area contributed by atoms with Crippen molar-refractivity contribution >= 4 is 33.4 Å². The number of thiazole rings is 1. The number of nitrogens with zero attached hydrogens (tertiary/aromatic N) is 5. The second-order valence-electron chi connectivity index (χ2n) is 6.67. The molecule has 0 unspecified atom stereocenters. The molecule has 4 aromatic rings. The van der Waals surface area contributed by atoms with Crippen molar-refractivity contribution < 1.29 is 13.6 Å². The summed E-state index contributed by atoms with van der Waals surface area (Å²) in [6.07, 6.45) is 1.09. The molecule has 0 saturated carbocycles. The lowest BCUT2D eigenvalue weighted by Crippen LogP contribution is -2.38. The summed E-state index contributed by atoms with van der Waals surface area (Å²) >= 11 is 1.11. The van der Waals surface area contributed by atoms with Crippen molar-refractivity contribution in [3.05, 3.63) is 67.8 Å². The molecule has 0 bridgehead atoms. The van der Waals surface area contributed by atoms with Gasteiger partial charge in [0, 0.05) is 25.0 Å². The predicted molar refractivity (Wildman–Crippen MR) is 110 cm³/mol. The molecule has 0 saturated heterocycles. The summed E-state index contributed by atoms with van der Waals surface area (Å²) < 4.78 is 28.7. The Bertz CT molecular complexity index is 1460. The average molecular weight is 444 g/mol. The highest BCUT2D eigenvalue weighted by atomic mass is 32.1. The van der Waals surface area contributed by atoms with Crippen LogP contribution in [0.1, 0.15) is 5.56 Å². The monoisotopic (exact) mass is 444 g/mol. The van der Waals surface area contributed by atoms with Crippen LogP contribution in [0.5, 0.6) is 0 Å². The Morgan fingerprint density at radius 1 is 1.16 bits per heavy atom. The summed E-state index contributed by atoms with van der Waals surface area (Å²) in [5.74, 6) is -2.44. The fraction of sp³-hybridized carbons (Fsp3) is 0.158. The van der Waals surface area contributed by atoms with Gasteiger partial charge in [0.15, 0.2) is 22.4 Å². The minimum Gasteiger partial charge on any atom is -0.302 e. The quantitative estimate of drug-likeness (QED) is 0.512. The van der Waals surface area contributed by atoms with Gasteiger partial charge in [-0.05, 0) is 23.8 Å². The van der Waals surface area contributed by atoms with Gasteiger partial charge in [-0.2, -0.15) is 5.10 Å². The van der Waals surface area contributed by atoms with E-state index >= 15 is 0 Å². The van der Waals surface area contributed by atoms with Crippen LogP contribution < -0.4 is 16.6 Å². The van der Waals surface area contributed by atoms with Gasteiger partial charge in [-0.3, -0.25) is 18.7 Å². The first-order chi connectivity index (χ1) is 14.8. The zero-order valence-electron chi connectivity index (χ0n) is 16.2. The van der Waals surface area contributed by atoms with Crippen LogP contribution in [-0.2, 0) is 25.3 Å². The van der Waals surface area contributed by atoms with E-state index in [1.54, 1.807) is 5.38 Å². The highest BCUT2D eigenvalue weighted by Crippen LogP contribution is 2.26. The number of nitrogens with one attached hydrogen (secondary N) is 1. The third-order valence-electron chi connectivity index (χ3n) is 4.64. The van der Waals surface area contributed by atoms with Gasteiger partial charge in [0.2, 0.25) is 5.91 Å². The summed E-state index contributed by atoms with van der Waals surface area (Å²) in [5.41, 5.74) is -0.0144. The Morgan fingerprint density at radius 3 is 2.68 bits per heavy atom. The molecule has 31 heavy (non-hydrogen) atoms. The number of aromatic nitrogens is 5. The molecular weight excluding hydrogens is 430 g/mol. The van der Waals surface area contributed by atoms with Crippen molar-refractivity contribution in [3.8, 4) is 11.3 Å². The number of halogens is 2. The number of aryl methyl sites for hydroxylation is 1. The molecule has 0 spiro atoms. The Balaban J connectivity index is 1.60. The third-order valence-corrected chi connectivity index (χ3v) is 5.40. The molecule has 0 radical (unpaired) electrons. The van der Waals surface area contributed by atoms with E-state index in [0.29, 0.717) is 16.8 Å². The molecule has 9 nitrogen and oxygen atoms in total. The van der Waals surface area contributed by atoms with E-state index in [0.717, 1.165) is 28.0 Å². The molecule has 4 rings (SSSR count). The lowest BCUT2D eigenvalue weighted by molar-refractivity contribution is -0.115. The van der Waals surface area contributed by atoms with Gasteiger partial charge < -0.3 is 5.32 Å². The average Bonchev–Trinajstić information content (AvgIpc) is 3.20. The number of carbonyl (C=O) groups excluding carboxylic acids is 1. The van der Waals surface area contributed by atoms with Crippen LogP contribution >= 0.6 is 11.3 Å². The number of hydrogen-bond acceptors (Lipinski definition) is 7. The van der Waals surface area contributed by atoms with E-state index in [1.807, 2.05) is 0 Å². The van der Waals surface area contributed by atoms with Crippen molar-refractivity contribution in [2.75, 3.05) is 5.32 Å². The maximum Gasteiger partial charge on any atom is 0.332 e. The largest absolute Gasteiger partial charge is 0.332 e. The molecule has 3 heterocycles. The summed E-state index contributed by atoms with van der Waals surface area (Å²) in [4.78, 5) is 41.4. The Labute approximate surface area is 176 Å². The van der Waals surface area contributed by atoms with Crippen LogP contribution in [0.4, 0.5) is 13.9 Å². The molecule has 1 amide bonds. The predicted octanol–water partition coefficient (Wildman–Crippen LogP) is 1.61. The molecule has 1 aromatic carbocycles. The molecule has 0 aliphatic carbocycles. The third kappa shape index (κ3) is 3.72. The zero-order chi connectivity index (χ0) is 22.3. The summed E-state index contributed by atoms with van der Waals surface area (Å²) in [5, 5.41) is 12.2. The molecule has 0 aliphatic heterocycles. The number of carbonyl (C=O) groups is 1. The number of fused-ring (bicyclic) bond motifs is 1. The van der Waals surface area contributed by atoms with E-state index in [9.17, 15) is 23.2 Å². The Morgan fingerprint density at radius 2 is 1.94 bits per heavy atom. The highest BCUT2D eigenvalue weighted by Gasteiger charge is 2.17. The van der Waals surface area contributed by atoms with E-state index in [1.165, 1.54) is 30.9 Å². The van der Waals surface area contributed by atoms with Crippen LogP contribution in [0.15, 0.2) is 39.4 Å². The van der Waals surface area contributed by atoms with Crippen LogP contribution in [-0.4, -0.2) is 30.2 Å². The van der Waals surface area contributed by atoms with E-state index < -0.39 is 28.8 Å². The molecule has 1 N–H and O–H groups in total. The maximum atomic E-state index is 13.4. The molecule has 0 atom stereocenters. The van der Waals surface area contributed by atoms with Crippen LogP contribution in [0.3, 0.4) is 0 Å². The summed E-state index contributed by atoms with van der Waals surface area (Å²) in [6, 6.07) is 3.40. The Kier molecular flexibility index (Phi) is 5.15. The first kappa shape index (κ1) is 20.5. The number of rotatable bonds is 4. The van der Waals surface area contributed by atoms with E-state index in [-0.39, 0.29) is 22.6 Å².